The van der Waals surface area contributed by atoms with Crippen molar-refractivity contribution in [3.05, 3.63) is 59.8 Å². The number of benzene rings is 1. The molecule has 206 valence electrons. The Morgan fingerprint density at radius 3 is 2.59 bits per heavy atom. The van der Waals surface area contributed by atoms with Crippen LogP contribution >= 0.6 is 0 Å². The molecule has 2 aliphatic heterocycles. The fourth-order valence-electron chi connectivity index (χ4n) is 5.15. The fraction of sp³-hybridized carbons (Fsp3) is 0.448. The first kappa shape index (κ1) is 26.7. The number of anilines is 2. The Hall–Kier alpha value is -3.92. The minimum Gasteiger partial charge on any atom is -0.449 e. The number of amides is 2. The highest BCUT2D eigenvalue weighted by atomic mass is 16.6. The number of carbonyl (C=O) groups is 2. The Balaban J connectivity index is 1.25. The number of ether oxygens (including phenoxy) is 1. The normalized spacial score (nSPS) is 16.7. The molecule has 2 aromatic heterocycles. The van der Waals surface area contributed by atoms with Crippen LogP contribution in [0.25, 0.3) is 11.2 Å². The average molecular weight is 532 g/mol. The van der Waals surface area contributed by atoms with Crippen LogP contribution in [0.3, 0.4) is 0 Å². The fourth-order valence-corrected chi connectivity index (χ4v) is 5.15. The summed E-state index contributed by atoms with van der Waals surface area (Å²) in [4.78, 5) is 35.9. The van der Waals surface area contributed by atoms with Crippen LogP contribution in [0.2, 0.25) is 0 Å². The van der Waals surface area contributed by atoms with Gasteiger partial charge in [-0.25, -0.2) is 9.31 Å². The highest BCUT2D eigenvalue weighted by Crippen LogP contribution is 2.27. The van der Waals surface area contributed by atoms with Crippen LogP contribution in [0.5, 0.6) is 0 Å². The number of piperidine rings is 1. The van der Waals surface area contributed by atoms with Gasteiger partial charge >= 0.3 is 6.09 Å². The quantitative estimate of drug-likeness (QED) is 0.486. The van der Waals surface area contributed by atoms with Crippen LogP contribution in [0.15, 0.2) is 48.7 Å². The number of fused-ring (bicyclic) bond motifs is 1. The van der Waals surface area contributed by atoms with Gasteiger partial charge in [0, 0.05) is 49.2 Å². The van der Waals surface area contributed by atoms with Crippen LogP contribution in [0, 0.1) is 0 Å². The summed E-state index contributed by atoms with van der Waals surface area (Å²) in [5.74, 6) is 0.524. The summed E-state index contributed by atoms with van der Waals surface area (Å²) >= 11 is 0. The molecule has 1 fully saturated rings. The molecule has 10 heteroatoms. The maximum Gasteiger partial charge on any atom is 0.410 e. The van der Waals surface area contributed by atoms with Crippen molar-refractivity contribution in [3.8, 4) is 0 Å². The maximum absolute atomic E-state index is 13.0. The lowest BCUT2D eigenvalue weighted by atomic mass is 10.0. The summed E-state index contributed by atoms with van der Waals surface area (Å²) in [6, 6.07) is 11.7. The van der Waals surface area contributed by atoms with Crippen molar-refractivity contribution in [1.82, 2.24) is 29.3 Å². The number of rotatable bonds is 7. The predicted octanol–water partition coefficient (Wildman–Crippen LogP) is 4.27. The maximum atomic E-state index is 13.0. The molecule has 5 rings (SSSR count). The van der Waals surface area contributed by atoms with E-state index in [4.69, 9.17) is 9.72 Å². The number of nitrogens with zero attached hydrogens (tertiary/aromatic N) is 6. The van der Waals surface area contributed by atoms with Crippen molar-refractivity contribution in [1.29, 1.82) is 0 Å². The largest absolute Gasteiger partial charge is 0.449 e. The van der Waals surface area contributed by atoms with Crippen LogP contribution in [-0.4, -0.2) is 94.2 Å². The van der Waals surface area contributed by atoms with Crippen LogP contribution < -0.4 is 5.32 Å². The van der Waals surface area contributed by atoms with Crippen LogP contribution in [0.4, 0.5) is 16.4 Å². The van der Waals surface area contributed by atoms with Gasteiger partial charge in [0.25, 0.3) is 5.91 Å². The Morgan fingerprint density at radius 2 is 1.90 bits per heavy atom. The highest BCUT2D eigenvalue weighted by molar-refractivity contribution is 5.94. The minimum absolute atomic E-state index is 0.0459. The number of hydrogen-bond acceptors (Lipinski definition) is 7. The molecule has 1 saturated heterocycles. The molecular weight excluding hydrogens is 494 g/mol. The van der Waals surface area contributed by atoms with E-state index in [0.29, 0.717) is 31.2 Å². The smallest absolute Gasteiger partial charge is 0.410 e. The summed E-state index contributed by atoms with van der Waals surface area (Å²) in [7, 11) is 4.03. The number of carbonyl (C=O) groups excluding carboxylic acids is 2. The van der Waals surface area contributed by atoms with Crippen molar-refractivity contribution in [2.75, 3.05) is 52.2 Å². The first-order chi connectivity index (χ1) is 18.9. The van der Waals surface area contributed by atoms with Gasteiger partial charge in [0.05, 0.1) is 6.61 Å². The zero-order chi connectivity index (χ0) is 27.4. The molecule has 39 heavy (non-hydrogen) atoms. The SMILES string of the molecule is CCCOC(=O)N1CC=C(c2cccn3nc(Nc4ccc(C(=O)N(C)C5CCN(C)CC5)cc4)nc23)CC1. The van der Waals surface area contributed by atoms with Gasteiger partial charge < -0.3 is 24.8 Å². The molecule has 0 bridgehead atoms. The number of likely N-dealkylation sites (tertiary alicyclic amines) is 1. The van der Waals surface area contributed by atoms with Crippen molar-refractivity contribution >= 4 is 34.9 Å². The molecule has 2 aliphatic rings. The minimum atomic E-state index is -0.263. The van der Waals surface area contributed by atoms with Crippen LogP contribution in [0.1, 0.15) is 48.5 Å². The van der Waals surface area contributed by atoms with E-state index in [0.717, 1.165) is 61.2 Å². The van der Waals surface area contributed by atoms with E-state index in [9.17, 15) is 9.59 Å². The summed E-state index contributed by atoms with van der Waals surface area (Å²) < 4.78 is 7.02. The molecule has 0 spiro atoms. The topological polar surface area (TPSA) is 95.3 Å². The summed E-state index contributed by atoms with van der Waals surface area (Å²) in [6.07, 6.45) is 7.20. The zero-order valence-corrected chi connectivity index (χ0v) is 23.0. The summed E-state index contributed by atoms with van der Waals surface area (Å²) in [5.41, 5.74) is 4.36. The molecule has 1 N–H and O–H groups in total. The highest BCUT2D eigenvalue weighted by Gasteiger charge is 2.25. The standard InChI is InChI=1S/C29H37N7O3/c1-4-20-39-29(38)35-18-11-21(12-19-35)25-6-5-15-36-26(25)31-28(32-36)30-23-9-7-22(8-10-23)27(37)34(3)24-13-16-33(2)17-14-24/h5-11,15,24H,4,12-14,16-20H2,1-3H3,(H,30,32). The molecule has 0 atom stereocenters. The molecule has 0 unspecified atom stereocenters. The number of hydrogen-bond donors (Lipinski definition) is 1. The molecule has 3 aromatic rings. The lowest BCUT2D eigenvalue weighted by Crippen LogP contribution is -2.44. The lowest BCUT2D eigenvalue weighted by molar-refractivity contribution is 0.0659. The van der Waals surface area contributed by atoms with Gasteiger partial charge in [-0.2, -0.15) is 4.98 Å². The second-order valence-corrected chi connectivity index (χ2v) is 10.3. The first-order valence-electron chi connectivity index (χ1n) is 13.7. The second kappa shape index (κ2) is 11.9. The third-order valence-corrected chi connectivity index (χ3v) is 7.55. The third-order valence-electron chi connectivity index (χ3n) is 7.55. The summed E-state index contributed by atoms with van der Waals surface area (Å²) in [5, 5.41) is 7.86. The van der Waals surface area contributed by atoms with E-state index in [1.54, 1.807) is 9.42 Å². The zero-order valence-electron chi connectivity index (χ0n) is 23.0. The van der Waals surface area contributed by atoms with Gasteiger partial charge in [0.15, 0.2) is 5.65 Å². The molecule has 4 heterocycles. The van der Waals surface area contributed by atoms with Gasteiger partial charge in [0.1, 0.15) is 0 Å². The second-order valence-electron chi connectivity index (χ2n) is 10.3. The van der Waals surface area contributed by atoms with E-state index in [2.05, 4.69) is 28.4 Å². The van der Waals surface area contributed by atoms with E-state index in [-0.39, 0.29) is 18.0 Å². The van der Waals surface area contributed by atoms with Gasteiger partial charge in [-0.3, -0.25) is 4.79 Å². The van der Waals surface area contributed by atoms with E-state index in [1.165, 1.54) is 0 Å². The number of nitrogens with one attached hydrogen (secondary N) is 1. The molecular formula is C29H37N7O3. The van der Waals surface area contributed by atoms with Crippen molar-refractivity contribution in [2.24, 2.45) is 0 Å². The van der Waals surface area contributed by atoms with E-state index < -0.39 is 0 Å². The Bertz CT molecular complexity index is 1340. The van der Waals surface area contributed by atoms with Gasteiger partial charge in [-0.1, -0.05) is 13.0 Å². The third kappa shape index (κ3) is 6.06. The van der Waals surface area contributed by atoms with Crippen molar-refractivity contribution < 1.29 is 14.3 Å². The Labute approximate surface area is 229 Å². The molecule has 2 amide bonds. The molecule has 1 aromatic carbocycles. The number of aromatic nitrogens is 3. The molecule has 0 radical (unpaired) electrons. The first-order valence-corrected chi connectivity index (χ1v) is 13.7. The van der Waals surface area contributed by atoms with E-state index >= 15 is 0 Å². The van der Waals surface area contributed by atoms with Crippen molar-refractivity contribution in [2.45, 2.75) is 38.6 Å². The van der Waals surface area contributed by atoms with Crippen molar-refractivity contribution in [3.63, 3.8) is 0 Å². The number of pyridine rings is 1. The lowest BCUT2D eigenvalue weighted by Gasteiger charge is -2.35. The Morgan fingerprint density at radius 1 is 1.13 bits per heavy atom. The van der Waals surface area contributed by atoms with Gasteiger partial charge in [-0.05, 0) is 87.8 Å². The van der Waals surface area contributed by atoms with Crippen LogP contribution in [-0.2, 0) is 4.74 Å². The van der Waals surface area contributed by atoms with Gasteiger partial charge in [-0.15, -0.1) is 5.10 Å². The van der Waals surface area contributed by atoms with Gasteiger partial charge in [0.2, 0.25) is 5.95 Å². The molecule has 0 aliphatic carbocycles. The monoisotopic (exact) mass is 531 g/mol. The molecule has 10 nitrogen and oxygen atoms in total. The summed E-state index contributed by atoms with van der Waals surface area (Å²) in [6.45, 7) is 5.57. The Kier molecular flexibility index (Phi) is 8.11. The predicted molar refractivity (Wildman–Crippen MR) is 151 cm³/mol. The average Bonchev–Trinajstić information content (AvgIpc) is 3.38. The molecule has 0 saturated carbocycles. The van der Waals surface area contributed by atoms with E-state index in [1.807, 2.05) is 61.5 Å².